The van der Waals surface area contributed by atoms with Gasteiger partial charge in [0.1, 0.15) is 18.3 Å². The number of amides is 2. The summed E-state index contributed by atoms with van der Waals surface area (Å²) in [5, 5.41) is 2.99. The number of nitrogens with zero attached hydrogens (tertiary/aromatic N) is 2. The predicted molar refractivity (Wildman–Crippen MR) is 162 cm³/mol. The Kier molecular flexibility index (Phi) is 10.9. The molecule has 0 saturated heterocycles. The molecule has 3 aromatic carbocycles. The van der Waals surface area contributed by atoms with Crippen LogP contribution in [-0.2, 0) is 26.2 Å². The molecule has 0 aliphatic rings. The highest BCUT2D eigenvalue weighted by atomic mass is 32.2. The van der Waals surface area contributed by atoms with Crippen molar-refractivity contribution in [3.05, 3.63) is 89.5 Å². The molecule has 8 nitrogen and oxygen atoms in total. The van der Waals surface area contributed by atoms with Gasteiger partial charge >= 0.3 is 0 Å². The Morgan fingerprint density at radius 2 is 1.56 bits per heavy atom. The van der Waals surface area contributed by atoms with Crippen molar-refractivity contribution in [3.8, 4) is 5.75 Å². The van der Waals surface area contributed by atoms with Crippen LogP contribution in [0.15, 0.2) is 77.7 Å². The summed E-state index contributed by atoms with van der Waals surface area (Å²) >= 11 is 0. The lowest BCUT2D eigenvalue weighted by atomic mass is 10.1. The van der Waals surface area contributed by atoms with Gasteiger partial charge in [-0.1, -0.05) is 56.3 Å². The van der Waals surface area contributed by atoms with Crippen molar-refractivity contribution in [3.63, 3.8) is 0 Å². The molecule has 0 radical (unpaired) electrons. The molecule has 0 saturated carbocycles. The van der Waals surface area contributed by atoms with Crippen LogP contribution in [0.5, 0.6) is 5.75 Å². The lowest BCUT2D eigenvalue weighted by molar-refractivity contribution is -0.140. The molecular formula is C32H41N3O5S. The van der Waals surface area contributed by atoms with Crippen LogP contribution >= 0.6 is 0 Å². The van der Waals surface area contributed by atoms with E-state index >= 15 is 0 Å². The van der Waals surface area contributed by atoms with E-state index in [1.54, 1.807) is 49.6 Å². The molecule has 220 valence electrons. The van der Waals surface area contributed by atoms with E-state index in [4.69, 9.17) is 4.74 Å². The average Bonchev–Trinajstić information content (AvgIpc) is 2.97. The Labute approximate surface area is 244 Å². The molecule has 0 fully saturated rings. The summed E-state index contributed by atoms with van der Waals surface area (Å²) in [6.45, 7) is 9.13. The standard InChI is InChI=1S/C32H41N3O5S/c1-7-24(4)33-32(37)29(8-2)34(21-26-17-19-27(40-6)20-18-26)31(36)22-35(30-16-12-13-23(3)25(30)5)41(38,39)28-14-10-9-11-15-28/h9-20,24,29H,7-8,21-22H2,1-6H3,(H,33,37)/t24-,29+/m0/s1. The van der Waals surface area contributed by atoms with Gasteiger partial charge in [-0.25, -0.2) is 8.42 Å². The van der Waals surface area contributed by atoms with Crippen molar-refractivity contribution in [1.29, 1.82) is 0 Å². The predicted octanol–water partition coefficient (Wildman–Crippen LogP) is 5.23. The number of anilines is 1. The number of benzene rings is 3. The van der Waals surface area contributed by atoms with Gasteiger partial charge in [0.25, 0.3) is 10.0 Å². The number of carbonyl (C=O) groups is 2. The lowest BCUT2D eigenvalue weighted by Gasteiger charge is -2.34. The summed E-state index contributed by atoms with van der Waals surface area (Å²) in [6.07, 6.45) is 1.10. The molecule has 1 N–H and O–H groups in total. The molecular weight excluding hydrogens is 538 g/mol. The Hall–Kier alpha value is -3.85. The van der Waals surface area contributed by atoms with Gasteiger partial charge in [0.15, 0.2) is 0 Å². The monoisotopic (exact) mass is 579 g/mol. The van der Waals surface area contributed by atoms with Crippen LogP contribution in [0.4, 0.5) is 5.69 Å². The second-order valence-electron chi connectivity index (χ2n) is 10.2. The fourth-order valence-corrected chi connectivity index (χ4v) is 6.02. The second kappa shape index (κ2) is 14.2. The van der Waals surface area contributed by atoms with Gasteiger partial charge in [-0.05, 0) is 80.6 Å². The van der Waals surface area contributed by atoms with Crippen molar-refractivity contribution in [1.82, 2.24) is 10.2 Å². The maximum Gasteiger partial charge on any atom is 0.264 e. The molecule has 0 aliphatic heterocycles. The van der Waals surface area contributed by atoms with Crippen molar-refractivity contribution >= 4 is 27.5 Å². The minimum Gasteiger partial charge on any atom is -0.497 e. The molecule has 0 spiro atoms. The van der Waals surface area contributed by atoms with Crippen LogP contribution in [-0.4, -0.2) is 50.9 Å². The fourth-order valence-electron chi connectivity index (χ4n) is 4.53. The van der Waals surface area contributed by atoms with Gasteiger partial charge in [0.2, 0.25) is 11.8 Å². The SMILES string of the molecule is CC[C@H](C(=O)N[C@@H](C)CC)N(Cc1ccc(OC)cc1)C(=O)CN(c1cccc(C)c1C)S(=O)(=O)c1ccccc1. The zero-order chi connectivity index (χ0) is 30.2. The first-order valence-corrected chi connectivity index (χ1v) is 15.3. The van der Waals surface area contributed by atoms with Gasteiger partial charge in [-0.2, -0.15) is 0 Å². The highest BCUT2D eigenvalue weighted by Gasteiger charge is 2.34. The van der Waals surface area contributed by atoms with Gasteiger partial charge in [0, 0.05) is 12.6 Å². The third-order valence-corrected chi connectivity index (χ3v) is 9.13. The van der Waals surface area contributed by atoms with Crippen molar-refractivity contribution in [2.75, 3.05) is 18.0 Å². The smallest absolute Gasteiger partial charge is 0.264 e. The van der Waals surface area contributed by atoms with E-state index in [-0.39, 0.29) is 23.4 Å². The molecule has 41 heavy (non-hydrogen) atoms. The van der Waals surface area contributed by atoms with E-state index in [9.17, 15) is 18.0 Å². The molecule has 0 unspecified atom stereocenters. The number of aryl methyl sites for hydroxylation is 1. The molecule has 0 aliphatic carbocycles. The molecule has 0 heterocycles. The van der Waals surface area contributed by atoms with Gasteiger partial charge < -0.3 is 15.0 Å². The number of hydrogen-bond donors (Lipinski definition) is 1. The van der Waals surface area contributed by atoms with E-state index in [1.807, 2.05) is 52.8 Å². The molecule has 3 rings (SSSR count). The maximum atomic E-state index is 14.2. The zero-order valence-electron chi connectivity index (χ0n) is 24.8. The van der Waals surface area contributed by atoms with Gasteiger partial charge in [-0.15, -0.1) is 0 Å². The molecule has 0 aromatic heterocycles. The van der Waals surface area contributed by atoms with Crippen LogP contribution in [0.25, 0.3) is 0 Å². The molecule has 0 bridgehead atoms. The Morgan fingerprint density at radius 3 is 2.15 bits per heavy atom. The minimum absolute atomic E-state index is 0.0700. The second-order valence-corrected chi connectivity index (χ2v) is 12.0. The first-order chi connectivity index (χ1) is 19.5. The number of ether oxygens (including phenoxy) is 1. The third kappa shape index (κ3) is 7.67. The van der Waals surface area contributed by atoms with Crippen LogP contribution in [0.3, 0.4) is 0 Å². The Morgan fingerprint density at radius 1 is 0.902 bits per heavy atom. The highest BCUT2D eigenvalue weighted by Crippen LogP contribution is 2.29. The summed E-state index contributed by atoms with van der Waals surface area (Å²) in [5.41, 5.74) is 2.86. The average molecular weight is 580 g/mol. The van der Waals surface area contributed by atoms with Gasteiger partial charge in [-0.3, -0.25) is 13.9 Å². The molecule has 2 atom stereocenters. The fraction of sp³-hybridized carbons (Fsp3) is 0.375. The summed E-state index contributed by atoms with van der Waals surface area (Å²) in [7, 11) is -2.54. The number of nitrogens with one attached hydrogen (secondary N) is 1. The van der Waals surface area contributed by atoms with E-state index in [0.717, 1.165) is 27.4 Å². The first kappa shape index (κ1) is 31.7. The molecule has 3 aromatic rings. The summed E-state index contributed by atoms with van der Waals surface area (Å²) in [4.78, 5) is 29.2. The van der Waals surface area contributed by atoms with E-state index in [1.165, 1.54) is 17.0 Å². The Balaban J connectivity index is 2.08. The van der Waals surface area contributed by atoms with Gasteiger partial charge in [0.05, 0.1) is 17.7 Å². The number of sulfonamides is 1. The largest absolute Gasteiger partial charge is 0.497 e. The van der Waals surface area contributed by atoms with Crippen molar-refractivity contribution < 1.29 is 22.7 Å². The summed E-state index contributed by atoms with van der Waals surface area (Å²) in [5.74, 6) is -0.0801. The van der Waals surface area contributed by atoms with Crippen LogP contribution in [0.2, 0.25) is 0 Å². The summed E-state index contributed by atoms with van der Waals surface area (Å²) < 4.78 is 34.4. The first-order valence-electron chi connectivity index (χ1n) is 13.9. The van der Waals surface area contributed by atoms with Crippen molar-refractivity contribution in [2.45, 2.75) is 71.0 Å². The van der Waals surface area contributed by atoms with Crippen LogP contribution in [0, 0.1) is 13.8 Å². The minimum atomic E-state index is -4.11. The third-order valence-electron chi connectivity index (χ3n) is 7.35. The normalized spacial score (nSPS) is 12.7. The summed E-state index contributed by atoms with van der Waals surface area (Å²) in [6, 6.07) is 19.8. The van der Waals surface area contributed by atoms with Crippen molar-refractivity contribution in [2.24, 2.45) is 0 Å². The number of carbonyl (C=O) groups excluding carboxylic acids is 2. The zero-order valence-corrected chi connectivity index (χ0v) is 25.6. The molecule has 9 heteroatoms. The quantitative estimate of drug-likeness (QED) is 0.299. The Bertz CT molecular complexity index is 1430. The maximum absolute atomic E-state index is 14.2. The number of rotatable bonds is 13. The van der Waals surface area contributed by atoms with E-state index in [0.29, 0.717) is 17.9 Å². The van der Waals surface area contributed by atoms with E-state index in [2.05, 4.69) is 5.32 Å². The van der Waals surface area contributed by atoms with E-state index < -0.39 is 28.5 Å². The number of hydrogen-bond acceptors (Lipinski definition) is 5. The number of methoxy groups -OCH3 is 1. The van der Waals surface area contributed by atoms with Crippen LogP contribution < -0.4 is 14.4 Å². The van der Waals surface area contributed by atoms with Crippen LogP contribution in [0.1, 0.15) is 50.3 Å². The lowest BCUT2D eigenvalue weighted by Crippen LogP contribution is -2.53. The molecule has 2 amide bonds. The topological polar surface area (TPSA) is 96.0 Å². The highest BCUT2D eigenvalue weighted by molar-refractivity contribution is 7.92.